The van der Waals surface area contributed by atoms with E-state index in [0.29, 0.717) is 4.90 Å². The number of ether oxygens (including phenoxy) is 1. The van der Waals surface area contributed by atoms with Crippen molar-refractivity contribution in [3.63, 3.8) is 0 Å². The van der Waals surface area contributed by atoms with E-state index >= 15 is 0 Å². The van der Waals surface area contributed by atoms with Crippen LogP contribution in [-0.4, -0.2) is 29.8 Å². The number of rotatable bonds is 2. The van der Waals surface area contributed by atoms with Crippen LogP contribution in [0, 0.1) is 5.41 Å². The molecule has 0 heterocycles. The SMILES string of the molecule is CSc1ccc2c(c1)C(=O)[C@](C(=O)OC(C)(C)C)(C(F)(F)F)C2. The number of esters is 1. The van der Waals surface area contributed by atoms with Crippen molar-refractivity contribution in [3.05, 3.63) is 29.3 Å². The van der Waals surface area contributed by atoms with E-state index in [-0.39, 0.29) is 11.1 Å². The van der Waals surface area contributed by atoms with Gasteiger partial charge in [0.05, 0.1) is 0 Å². The van der Waals surface area contributed by atoms with Gasteiger partial charge < -0.3 is 4.74 Å². The molecule has 0 fully saturated rings. The van der Waals surface area contributed by atoms with Crippen LogP contribution >= 0.6 is 11.8 Å². The number of carbonyl (C=O) groups excluding carboxylic acids is 2. The Bertz CT molecular complexity index is 662. The van der Waals surface area contributed by atoms with E-state index in [1.807, 2.05) is 0 Å². The van der Waals surface area contributed by atoms with Crippen LogP contribution in [0.3, 0.4) is 0 Å². The van der Waals surface area contributed by atoms with Gasteiger partial charge in [-0.25, -0.2) is 0 Å². The minimum absolute atomic E-state index is 0.0555. The van der Waals surface area contributed by atoms with Gasteiger partial charge in [0.15, 0.2) is 5.78 Å². The van der Waals surface area contributed by atoms with E-state index in [1.165, 1.54) is 44.7 Å². The van der Waals surface area contributed by atoms with Crippen molar-refractivity contribution in [1.82, 2.24) is 0 Å². The lowest BCUT2D eigenvalue weighted by Gasteiger charge is -2.31. The van der Waals surface area contributed by atoms with Gasteiger partial charge in [-0.05, 0) is 44.7 Å². The molecule has 1 aromatic carbocycles. The molecule has 1 aliphatic rings. The zero-order valence-corrected chi connectivity index (χ0v) is 14.0. The monoisotopic (exact) mass is 346 g/mol. The first-order chi connectivity index (χ1) is 10.4. The van der Waals surface area contributed by atoms with Gasteiger partial charge in [-0.2, -0.15) is 13.2 Å². The van der Waals surface area contributed by atoms with Gasteiger partial charge in [0.1, 0.15) is 5.60 Å². The predicted molar refractivity (Wildman–Crippen MR) is 80.6 cm³/mol. The molecule has 0 amide bonds. The second-order valence-electron chi connectivity index (χ2n) is 6.43. The van der Waals surface area contributed by atoms with Gasteiger partial charge in [0.2, 0.25) is 5.41 Å². The van der Waals surface area contributed by atoms with Crippen LogP contribution in [0.5, 0.6) is 0 Å². The average molecular weight is 346 g/mol. The molecule has 0 saturated heterocycles. The molecule has 23 heavy (non-hydrogen) atoms. The summed E-state index contributed by atoms with van der Waals surface area (Å²) in [6.07, 6.45) is -3.98. The van der Waals surface area contributed by atoms with Crippen LogP contribution in [0.1, 0.15) is 36.7 Å². The minimum Gasteiger partial charge on any atom is -0.459 e. The molecule has 7 heteroatoms. The lowest BCUT2D eigenvalue weighted by atomic mass is 9.82. The summed E-state index contributed by atoms with van der Waals surface area (Å²) in [6, 6.07) is 4.51. The van der Waals surface area contributed by atoms with E-state index in [4.69, 9.17) is 4.74 Å². The number of halogens is 3. The van der Waals surface area contributed by atoms with Crippen molar-refractivity contribution >= 4 is 23.5 Å². The maximum Gasteiger partial charge on any atom is 0.412 e. The van der Waals surface area contributed by atoms with Crippen LogP contribution in [0.2, 0.25) is 0 Å². The van der Waals surface area contributed by atoms with E-state index in [9.17, 15) is 22.8 Å². The average Bonchev–Trinajstić information content (AvgIpc) is 2.70. The minimum atomic E-state index is -5.02. The Hall–Kier alpha value is -1.50. The molecule has 126 valence electrons. The maximum atomic E-state index is 13.7. The zero-order chi connectivity index (χ0) is 17.6. The summed E-state index contributed by atoms with van der Waals surface area (Å²) >= 11 is 1.31. The molecule has 0 radical (unpaired) electrons. The highest BCUT2D eigenvalue weighted by Gasteiger charge is 2.69. The number of fused-ring (bicyclic) bond motifs is 1. The summed E-state index contributed by atoms with van der Waals surface area (Å²) in [6.45, 7) is 4.40. The van der Waals surface area contributed by atoms with E-state index < -0.39 is 35.4 Å². The summed E-state index contributed by atoms with van der Waals surface area (Å²) in [5.74, 6) is -2.77. The van der Waals surface area contributed by atoms with Crippen molar-refractivity contribution in [2.45, 2.75) is 43.9 Å². The summed E-state index contributed by atoms with van der Waals surface area (Å²) in [7, 11) is 0. The summed E-state index contributed by atoms with van der Waals surface area (Å²) in [5.41, 5.74) is -4.11. The van der Waals surface area contributed by atoms with Crippen LogP contribution in [0.4, 0.5) is 13.2 Å². The molecule has 3 nitrogen and oxygen atoms in total. The van der Waals surface area contributed by atoms with Crippen molar-refractivity contribution in [2.24, 2.45) is 5.41 Å². The van der Waals surface area contributed by atoms with Gasteiger partial charge in [-0.3, -0.25) is 9.59 Å². The third kappa shape index (κ3) is 2.98. The van der Waals surface area contributed by atoms with Crippen LogP contribution in [0.15, 0.2) is 23.1 Å². The highest BCUT2D eigenvalue weighted by atomic mass is 32.2. The van der Waals surface area contributed by atoms with Crippen LogP contribution in [0.25, 0.3) is 0 Å². The number of thioether (sulfide) groups is 1. The number of ketones is 1. The first-order valence-corrected chi connectivity index (χ1v) is 8.17. The highest BCUT2D eigenvalue weighted by molar-refractivity contribution is 7.98. The molecule has 0 aromatic heterocycles. The van der Waals surface area contributed by atoms with Gasteiger partial charge in [-0.1, -0.05) is 6.07 Å². The fourth-order valence-electron chi connectivity index (χ4n) is 2.52. The first kappa shape index (κ1) is 17.8. The Morgan fingerprint density at radius 1 is 1.26 bits per heavy atom. The Labute approximate surface area is 136 Å². The van der Waals surface area contributed by atoms with Crippen molar-refractivity contribution < 1.29 is 27.5 Å². The molecule has 1 aromatic rings. The molecule has 0 aliphatic heterocycles. The van der Waals surface area contributed by atoms with Gasteiger partial charge in [-0.15, -0.1) is 11.8 Å². The smallest absolute Gasteiger partial charge is 0.412 e. The van der Waals surface area contributed by atoms with E-state index in [1.54, 1.807) is 12.3 Å². The number of benzene rings is 1. The first-order valence-electron chi connectivity index (χ1n) is 6.94. The molecule has 2 rings (SSSR count). The number of Topliss-reactive ketones (excluding diaryl/α,β-unsaturated/α-hetero) is 1. The lowest BCUT2D eigenvalue weighted by molar-refractivity contribution is -0.223. The molecule has 1 aliphatic carbocycles. The predicted octanol–water partition coefficient (Wildman–Crippen LogP) is 4.04. The number of alkyl halides is 3. The Morgan fingerprint density at radius 2 is 1.87 bits per heavy atom. The fourth-order valence-corrected chi connectivity index (χ4v) is 2.96. The Kier molecular flexibility index (Phi) is 4.30. The molecule has 0 N–H and O–H groups in total. The third-order valence-electron chi connectivity index (χ3n) is 3.64. The largest absolute Gasteiger partial charge is 0.459 e. The van der Waals surface area contributed by atoms with Crippen molar-refractivity contribution in [1.29, 1.82) is 0 Å². The van der Waals surface area contributed by atoms with Gasteiger partial charge >= 0.3 is 12.1 Å². The molecule has 0 bridgehead atoms. The lowest BCUT2D eigenvalue weighted by Crippen LogP contribution is -2.52. The third-order valence-corrected chi connectivity index (χ3v) is 4.36. The normalized spacial score (nSPS) is 21.3. The highest BCUT2D eigenvalue weighted by Crippen LogP contribution is 2.50. The van der Waals surface area contributed by atoms with E-state index in [2.05, 4.69) is 0 Å². The Morgan fingerprint density at radius 3 is 2.35 bits per heavy atom. The molecule has 0 spiro atoms. The van der Waals surface area contributed by atoms with Gasteiger partial charge in [0.25, 0.3) is 0 Å². The van der Waals surface area contributed by atoms with E-state index in [0.717, 1.165) is 0 Å². The second kappa shape index (κ2) is 5.54. The quantitative estimate of drug-likeness (QED) is 0.461. The molecule has 0 saturated carbocycles. The molecule has 1 atom stereocenters. The van der Waals surface area contributed by atoms with Crippen molar-refractivity contribution in [3.8, 4) is 0 Å². The van der Waals surface area contributed by atoms with Gasteiger partial charge in [0, 0.05) is 16.9 Å². The molecule has 0 unspecified atom stereocenters. The van der Waals surface area contributed by atoms with Crippen molar-refractivity contribution in [2.75, 3.05) is 6.26 Å². The van der Waals surface area contributed by atoms with Crippen LogP contribution in [-0.2, 0) is 16.0 Å². The Balaban J connectivity index is 2.55. The summed E-state index contributed by atoms with van der Waals surface area (Å²) in [4.78, 5) is 25.5. The number of carbonyl (C=O) groups is 2. The van der Waals surface area contributed by atoms with Crippen LogP contribution < -0.4 is 0 Å². The summed E-state index contributed by atoms with van der Waals surface area (Å²) < 4.78 is 46.1. The summed E-state index contributed by atoms with van der Waals surface area (Å²) in [5, 5.41) is 0. The maximum absolute atomic E-state index is 13.7. The fraction of sp³-hybridized carbons (Fsp3) is 0.500. The topological polar surface area (TPSA) is 43.4 Å². The molecular weight excluding hydrogens is 329 g/mol. The standard InChI is InChI=1S/C16H17F3O3S/c1-14(2,3)22-13(21)15(16(17,18)19)8-9-5-6-10(23-4)7-11(9)12(15)20/h5-7H,8H2,1-4H3/t15-/m1/s1. The molecular formula is C16H17F3O3S. The second-order valence-corrected chi connectivity index (χ2v) is 7.31. The number of hydrogen-bond acceptors (Lipinski definition) is 4. The zero-order valence-electron chi connectivity index (χ0n) is 13.2. The number of hydrogen-bond donors (Lipinski definition) is 0.